The molecular formula is C16H28N2O2. The van der Waals surface area contributed by atoms with Crippen LogP contribution in [0.1, 0.15) is 46.5 Å². The first-order valence-electron chi connectivity index (χ1n) is 7.90. The van der Waals surface area contributed by atoms with Crippen LogP contribution in [0.3, 0.4) is 0 Å². The van der Waals surface area contributed by atoms with Crippen molar-refractivity contribution in [1.82, 2.24) is 10.2 Å². The maximum atomic E-state index is 12.3. The third-order valence-corrected chi connectivity index (χ3v) is 4.65. The van der Waals surface area contributed by atoms with E-state index < -0.39 is 0 Å². The molecule has 4 heteroatoms. The summed E-state index contributed by atoms with van der Waals surface area (Å²) in [5, 5.41) is 3.09. The highest BCUT2D eigenvalue weighted by Gasteiger charge is 2.34. The lowest BCUT2D eigenvalue weighted by molar-refractivity contribution is -0.126. The summed E-state index contributed by atoms with van der Waals surface area (Å²) < 4.78 is 5.29. The Hall–Kier alpha value is -0.870. The largest absolute Gasteiger partial charge is 0.377 e. The quantitative estimate of drug-likeness (QED) is 0.784. The van der Waals surface area contributed by atoms with E-state index in [1.54, 1.807) is 0 Å². The standard InChI is InChI=1S/C16H28N2O2/c1-12-4-5-13(2)18(12)14(3)16(19)17-9-6-15-7-10-20-11-8-15/h7,12-14H,4-6,8-11H2,1-3H3,(H,17,19)/t12-,13-,14+/m1/s1. The highest BCUT2D eigenvalue weighted by atomic mass is 16.5. The Bertz CT molecular complexity index is 357. The number of hydrogen-bond acceptors (Lipinski definition) is 3. The van der Waals surface area contributed by atoms with Crippen molar-refractivity contribution in [2.75, 3.05) is 19.8 Å². The monoisotopic (exact) mass is 280 g/mol. The molecule has 1 N–H and O–H groups in total. The van der Waals surface area contributed by atoms with Crippen molar-refractivity contribution in [3.8, 4) is 0 Å². The Labute approximate surface area is 122 Å². The Morgan fingerprint density at radius 3 is 2.75 bits per heavy atom. The van der Waals surface area contributed by atoms with E-state index in [4.69, 9.17) is 4.74 Å². The summed E-state index contributed by atoms with van der Waals surface area (Å²) in [6.07, 6.45) is 6.50. The van der Waals surface area contributed by atoms with E-state index in [-0.39, 0.29) is 11.9 Å². The van der Waals surface area contributed by atoms with Crippen LogP contribution in [-0.4, -0.2) is 48.7 Å². The molecule has 0 aromatic heterocycles. The van der Waals surface area contributed by atoms with Crippen molar-refractivity contribution in [2.45, 2.75) is 64.6 Å². The number of nitrogens with zero attached hydrogens (tertiary/aromatic N) is 1. The SMILES string of the molecule is C[C@@H]1CC[C@@H](C)N1[C@@H](C)C(=O)NCCC1=CCOCC1. The minimum absolute atomic E-state index is 0.0221. The summed E-state index contributed by atoms with van der Waals surface area (Å²) in [6.45, 7) is 8.76. The van der Waals surface area contributed by atoms with Gasteiger partial charge in [-0.15, -0.1) is 0 Å². The molecule has 1 amide bonds. The lowest BCUT2D eigenvalue weighted by Gasteiger charge is -2.31. The predicted molar refractivity (Wildman–Crippen MR) is 80.6 cm³/mol. The van der Waals surface area contributed by atoms with Crippen LogP contribution in [-0.2, 0) is 9.53 Å². The van der Waals surface area contributed by atoms with Gasteiger partial charge in [-0.25, -0.2) is 0 Å². The number of rotatable bonds is 5. The zero-order valence-electron chi connectivity index (χ0n) is 13.0. The molecule has 0 aromatic rings. The van der Waals surface area contributed by atoms with E-state index in [1.807, 2.05) is 6.92 Å². The van der Waals surface area contributed by atoms with Gasteiger partial charge in [0.15, 0.2) is 0 Å². The minimum Gasteiger partial charge on any atom is -0.377 e. The van der Waals surface area contributed by atoms with Crippen LogP contribution in [0.15, 0.2) is 11.6 Å². The fourth-order valence-corrected chi connectivity index (χ4v) is 3.40. The zero-order valence-corrected chi connectivity index (χ0v) is 13.0. The molecule has 0 bridgehead atoms. The molecule has 0 aliphatic carbocycles. The molecule has 1 saturated heterocycles. The third kappa shape index (κ3) is 3.83. The minimum atomic E-state index is -0.0221. The van der Waals surface area contributed by atoms with E-state index in [0.29, 0.717) is 12.1 Å². The summed E-state index contributed by atoms with van der Waals surface area (Å²) in [4.78, 5) is 14.6. The van der Waals surface area contributed by atoms with Gasteiger partial charge in [0, 0.05) is 18.6 Å². The highest BCUT2D eigenvalue weighted by molar-refractivity contribution is 5.81. The molecule has 3 atom stereocenters. The topological polar surface area (TPSA) is 41.6 Å². The maximum Gasteiger partial charge on any atom is 0.237 e. The van der Waals surface area contributed by atoms with Crippen LogP contribution in [0.2, 0.25) is 0 Å². The molecule has 114 valence electrons. The molecule has 0 unspecified atom stereocenters. The van der Waals surface area contributed by atoms with Crippen molar-refractivity contribution < 1.29 is 9.53 Å². The lowest BCUT2D eigenvalue weighted by atomic mass is 10.1. The van der Waals surface area contributed by atoms with Gasteiger partial charge in [-0.2, -0.15) is 0 Å². The fourth-order valence-electron chi connectivity index (χ4n) is 3.40. The van der Waals surface area contributed by atoms with Gasteiger partial charge in [-0.1, -0.05) is 11.6 Å². The number of ether oxygens (including phenoxy) is 1. The predicted octanol–water partition coefficient (Wildman–Crippen LogP) is 2.10. The first-order chi connectivity index (χ1) is 9.59. The number of nitrogens with one attached hydrogen (secondary N) is 1. The van der Waals surface area contributed by atoms with Crippen molar-refractivity contribution in [3.63, 3.8) is 0 Å². The molecule has 0 saturated carbocycles. The second-order valence-electron chi connectivity index (χ2n) is 6.13. The molecule has 2 rings (SSSR count). The Kier molecular flexibility index (Phi) is 5.61. The summed E-state index contributed by atoms with van der Waals surface area (Å²) >= 11 is 0. The van der Waals surface area contributed by atoms with Gasteiger partial charge in [0.05, 0.1) is 19.3 Å². The van der Waals surface area contributed by atoms with Crippen molar-refractivity contribution >= 4 is 5.91 Å². The zero-order chi connectivity index (χ0) is 14.5. The fraction of sp³-hybridized carbons (Fsp3) is 0.812. The summed E-state index contributed by atoms with van der Waals surface area (Å²) in [6, 6.07) is 1.01. The van der Waals surface area contributed by atoms with Crippen LogP contribution < -0.4 is 5.32 Å². The van der Waals surface area contributed by atoms with Gasteiger partial charge in [0.25, 0.3) is 0 Å². The smallest absolute Gasteiger partial charge is 0.237 e. The Morgan fingerprint density at radius 2 is 2.15 bits per heavy atom. The van der Waals surface area contributed by atoms with Gasteiger partial charge in [-0.3, -0.25) is 9.69 Å². The molecule has 0 spiro atoms. The summed E-state index contributed by atoms with van der Waals surface area (Å²) in [5.41, 5.74) is 1.41. The third-order valence-electron chi connectivity index (χ3n) is 4.65. The van der Waals surface area contributed by atoms with Gasteiger partial charge < -0.3 is 10.1 Å². The first kappa shape index (κ1) is 15.5. The van der Waals surface area contributed by atoms with Gasteiger partial charge in [0.1, 0.15) is 0 Å². The van der Waals surface area contributed by atoms with Crippen LogP contribution in [0, 0.1) is 0 Å². The van der Waals surface area contributed by atoms with Gasteiger partial charge >= 0.3 is 0 Å². The van der Waals surface area contributed by atoms with E-state index >= 15 is 0 Å². The Balaban J connectivity index is 1.75. The van der Waals surface area contributed by atoms with E-state index in [0.717, 1.165) is 32.6 Å². The molecule has 0 aromatic carbocycles. The van der Waals surface area contributed by atoms with Crippen molar-refractivity contribution in [3.05, 3.63) is 11.6 Å². The van der Waals surface area contributed by atoms with E-state index in [9.17, 15) is 4.79 Å². The van der Waals surface area contributed by atoms with Crippen LogP contribution >= 0.6 is 0 Å². The number of carbonyl (C=O) groups is 1. The normalized spacial score (nSPS) is 29.1. The number of likely N-dealkylation sites (tertiary alicyclic amines) is 1. The van der Waals surface area contributed by atoms with Crippen LogP contribution in [0.25, 0.3) is 0 Å². The van der Waals surface area contributed by atoms with Crippen molar-refractivity contribution in [1.29, 1.82) is 0 Å². The number of amides is 1. The lowest BCUT2D eigenvalue weighted by Crippen LogP contribution is -2.49. The summed E-state index contributed by atoms with van der Waals surface area (Å²) in [7, 11) is 0. The average Bonchev–Trinajstić information content (AvgIpc) is 2.78. The van der Waals surface area contributed by atoms with E-state index in [2.05, 4.69) is 30.1 Å². The molecular weight excluding hydrogens is 252 g/mol. The molecule has 4 nitrogen and oxygen atoms in total. The number of carbonyl (C=O) groups excluding carboxylic acids is 1. The Morgan fingerprint density at radius 1 is 1.45 bits per heavy atom. The second kappa shape index (κ2) is 7.23. The maximum absolute atomic E-state index is 12.3. The molecule has 0 radical (unpaired) electrons. The van der Waals surface area contributed by atoms with Gasteiger partial charge in [0.2, 0.25) is 5.91 Å². The molecule has 2 aliphatic heterocycles. The molecule has 2 aliphatic rings. The summed E-state index contributed by atoms with van der Waals surface area (Å²) in [5.74, 6) is 0.165. The molecule has 1 fully saturated rings. The molecule has 2 heterocycles. The van der Waals surface area contributed by atoms with E-state index in [1.165, 1.54) is 18.4 Å². The van der Waals surface area contributed by atoms with Crippen LogP contribution in [0.5, 0.6) is 0 Å². The van der Waals surface area contributed by atoms with Crippen LogP contribution in [0.4, 0.5) is 0 Å². The molecule has 20 heavy (non-hydrogen) atoms. The van der Waals surface area contributed by atoms with Crippen molar-refractivity contribution in [2.24, 2.45) is 0 Å². The first-order valence-corrected chi connectivity index (χ1v) is 7.90. The van der Waals surface area contributed by atoms with Gasteiger partial charge in [-0.05, 0) is 46.5 Å². The second-order valence-corrected chi connectivity index (χ2v) is 6.13. The number of hydrogen-bond donors (Lipinski definition) is 1. The highest BCUT2D eigenvalue weighted by Crippen LogP contribution is 2.25. The average molecular weight is 280 g/mol.